The second-order valence-corrected chi connectivity index (χ2v) is 4.47. The fourth-order valence-corrected chi connectivity index (χ4v) is 1.07. The van der Waals surface area contributed by atoms with Crippen molar-refractivity contribution in [1.29, 1.82) is 0 Å². The minimum Gasteiger partial charge on any atom is -0.390 e. The largest absolute Gasteiger partial charge is 0.390 e. The van der Waals surface area contributed by atoms with Crippen molar-refractivity contribution in [1.82, 2.24) is 10.2 Å². The highest BCUT2D eigenvalue weighted by molar-refractivity contribution is 5.80. The van der Waals surface area contributed by atoms with Crippen molar-refractivity contribution in [3.8, 4) is 0 Å². The van der Waals surface area contributed by atoms with E-state index in [2.05, 4.69) is 5.32 Å². The number of rotatable bonds is 5. The van der Waals surface area contributed by atoms with Gasteiger partial charge in [0.25, 0.3) is 0 Å². The summed E-state index contributed by atoms with van der Waals surface area (Å²) in [5.74, 6) is 0.0562. The van der Waals surface area contributed by atoms with Crippen LogP contribution in [0.25, 0.3) is 0 Å². The van der Waals surface area contributed by atoms with Crippen LogP contribution in [0, 0.1) is 0 Å². The molecule has 1 amide bonds. The zero-order valence-electron chi connectivity index (χ0n) is 9.79. The van der Waals surface area contributed by atoms with E-state index >= 15 is 0 Å². The summed E-state index contributed by atoms with van der Waals surface area (Å²) in [4.78, 5) is 13.0. The Morgan fingerprint density at radius 1 is 1.50 bits per heavy atom. The number of carbonyl (C=O) groups excluding carboxylic acids is 1. The van der Waals surface area contributed by atoms with Crippen LogP contribution in [0.1, 0.15) is 27.2 Å². The molecule has 0 aliphatic rings. The molecule has 0 aromatic carbocycles. The van der Waals surface area contributed by atoms with E-state index in [1.54, 1.807) is 32.8 Å². The Hall–Kier alpha value is -0.610. The van der Waals surface area contributed by atoms with Gasteiger partial charge in [-0.2, -0.15) is 0 Å². The summed E-state index contributed by atoms with van der Waals surface area (Å²) in [5.41, 5.74) is -0.673. The van der Waals surface area contributed by atoms with Crippen LogP contribution in [0.5, 0.6) is 0 Å². The Labute approximate surface area is 86.3 Å². The average molecular weight is 202 g/mol. The van der Waals surface area contributed by atoms with Crippen molar-refractivity contribution in [2.75, 3.05) is 20.6 Å². The summed E-state index contributed by atoms with van der Waals surface area (Å²) in [6.45, 7) is 5.98. The minimum atomic E-state index is -0.673. The highest BCUT2D eigenvalue weighted by atomic mass is 16.3. The topological polar surface area (TPSA) is 52.6 Å². The van der Waals surface area contributed by atoms with Crippen LogP contribution in [0.3, 0.4) is 0 Å². The molecule has 0 rings (SSSR count). The normalized spacial score (nSPS) is 13.9. The Morgan fingerprint density at radius 2 is 2.00 bits per heavy atom. The van der Waals surface area contributed by atoms with Gasteiger partial charge in [0, 0.05) is 14.1 Å². The number of hydrogen-bond donors (Lipinski definition) is 2. The molecule has 0 aromatic heterocycles. The molecule has 0 heterocycles. The minimum absolute atomic E-state index is 0.0562. The first-order valence-electron chi connectivity index (χ1n) is 4.91. The smallest absolute Gasteiger partial charge is 0.238 e. The lowest BCUT2D eigenvalue weighted by Gasteiger charge is -2.21. The van der Waals surface area contributed by atoms with Crippen LogP contribution >= 0.6 is 0 Å². The van der Waals surface area contributed by atoms with Crippen LogP contribution in [-0.4, -0.2) is 48.2 Å². The molecule has 1 atom stereocenters. The third kappa shape index (κ3) is 5.94. The van der Waals surface area contributed by atoms with Crippen molar-refractivity contribution in [3.05, 3.63) is 0 Å². The summed E-state index contributed by atoms with van der Waals surface area (Å²) >= 11 is 0. The third-order valence-corrected chi connectivity index (χ3v) is 2.00. The van der Waals surface area contributed by atoms with E-state index in [0.29, 0.717) is 13.0 Å². The predicted molar refractivity (Wildman–Crippen MR) is 57.1 cm³/mol. The van der Waals surface area contributed by atoms with Gasteiger partial charge in [-0.3, -0.25) is 4.79 Å². The Balaban J connectivity index is 3.75. The molecule has 1 unspecified atom stereocenters. The molecule has 2 N–H and O–H groups in total. The average Bonchev–Trinajstić information content (AvgIpc) is 2.00. The standard InChI is InChI=1S/C10H22N2O2/c1-8(9(13)12(4)5)11-7-6-10(2,3)14/h8,11,14H,6-7H2,1-5H3. The van der Waals surface area contributed by atoms with Gasteiger partial charge < -0.3 is 15.3 Å². The summed E-state index contributed by atoms with van der Waals surface area (Å²) in [6, 6.07) is -0.188. The molecule has 0 aromatic rings. The first kappa shape index (κ1) is 13.4. The number of likely N-dealkylation sites (N-methyl/N-ethyl adjacent to an activating group) is 1. The van der Waals surface area contributed by atoms with E-state index < -0.39 is 5.60 Å². The molecular weight excluding hydrogens is 180 g/mol. The predicted octanol–water partition coefficient (Wildman–Crippen LogP) is 0.214. The van der Waals surface area contributed by atoms with E-state index in [4.69, 9.17) is 0 Å². The Bertz CT molecular complexity index is 185. The van der Waals surface area contributed by atoms with Crippen molar-refractivity contribution in [2.45, 2.75) is 38.8 Å². The molecule has 0 saturated carbocycles. The van der Waals surface area contributed by atoms with Gasteiger partial charge >= 0.3 is 0 Å². The molecule has 4 heteroatoms. The molecular formula is C10H22N2O2. The van der Waals surface area contributed by atoms with Crippen LogP contribution in [-0.2, 0) is 4.79 Å². The Kier molecular flexibility index (Phi) is 5.08. The lowest BCUT2D eigenvalue weighted by molar-refractivity contribution is -0.130. The van der Waals surface area contributed by atoms with E-state index in [0.717, 1.165) is 0 Å². The van der Waals surface area contributed by atoms with Gasteiger partial charge in [0.15, 0.2) is 0 Å². The summed E-state index contributed by atoms with van der Waals surface area (Å²) in [6.07, 6.45) is 0.637. The monoisotopic (exact) mass is 202 g/mol. The molecule has 0 bridgehead atoms. The molecule has 0 aliphatic carbocycles. The van der Waals surface area contributed by atoms with E-state index in [-0.39, 0.29) is 11.9 Å². The Morgan fingerprint density at radius 3 is 2.36 bits per heavy atom. The van der Waals surface area contributed by atoms with Crippen LogP contribution < -0.4 is 5.32 Å². The summed E-state index contributed by atoms with van der Waals surface area (Å²) in [5, 5.41) is 12.5. The third-order valence-electron chi connectivity index (χ3n) is 2.00. The van der Waals surface area contributed by atoms with Crippen molar-refractivity contribution < 1.29 is 9.90 Å². The van der Waals surface area contributed by atoms with Crippen molar-refractivity contribution in [2.24, 2.45) is 0 Å². The lowest BCUT2D eigenvalue weighted by atomic mass is 10.1. The molecule has 84 valence electrons. The SMILES string of the molecule is CC(NCCC(C)(C)O)C(=O)N(C)C. The summed E-state index contributed by atoms with van der Waals surface area (Å²) in [7, 11) is 3.47. The highest BCUT2D eigenvalue weighted by Gasteiger charge is 2.16. The van der Waals surface area contributed by atoms with Gasteiger partial charge in [-0.1, -0.05) is 0 Å². The maximum absolute atomic E-state index is 11.4. The summed E-state index contributed by atoms with van der Waals surface area (Å²) < 4.78 is 0. The number of carbonyl (C=O) groups is 1. The van der Waals surface area contributed by atoms with Gasteiger partial charge in [-0.15, -0.1) is 0 Å². The quantitative estimate of drug-likeness (QED) is 0.670. The van der Waals surface area contributed by atoms with E-state index in [1.807, 2.05) is 6.92 Å². The molecule has 14 heavy (non-hydrogen) atoms. The highest BCUT2D eigenvalue weighted by Crippen LogP contribution is 2.05. The number of amides is 1. The first-order valence-corrected chi connectivity index (χ1v) is 4.91. The number of nitrogens with zero attached hydrogens (tertiary/aromatic N) is 1. The molecule has 4 nitrogen and oxygen atoms in total. The van der Waals surface area contributed by atoms with Gasteiger partial charge in [0.05, 0.1) is 11.6 Å². The van der Waals surface area contributed by atoms with Crippen LogP contribution in [0.4, 0.5) is 0 Å². The van der Waals surface area contributed by atoms with Gasteiger partial charge in [-0.05, 0) is 33.7 Å². The maximum atomic E-state index is 11.4. The van der Waals surface area contributed by atoms with Gasteiger partial charge in [0.2, 0.25) is 5.91 Å². The number of hydrogen-bond acceptors (Lipinski definition) is 3. The second-order valence-electron chi connectivity index (χ2n) is 4.47. The fraction of sp³-hybridized carbons (Fsp3) is 0.900. The van der Waals surface area contributed by atoms with Gasteiger partial charge in [-0.25, -0.2) is 0 Å². The molecule has 0 aliphatic heterocycles. The van der Waals surface area contributed by atoms with Gasteiger partial charge in [0.1, 0.15) is 0 Å². The van der Waals surface area contributed by atoms with Crippen molar-refractivity contribution >= 4 is 5.91 Å². The zero-order chi connectivity index (χ0) is 11.4. The second kappa shape index (κ2) is 5.32. The van der Waals surface area contributed by atoms with E-state index in [1.165, 1.54) is 0 Å². The maximum Gasteiger partial charge on any atom is 0.238 e. The lowest BCUT2D eigenvalue weighted by Crippen LogP contribution is -2.43. The zero-order valence-corrected chi connectivity index (χ0v) is 9.79. The molecule has 0 fully saturated rings. The number of aliphatic hydroxyl groups is 1. The molecule has 0 radical (unpaired) electrons. The van der Waals surface area contributed by atoms with E-state index in [9.17, 15) is 9.90 Å². The molecule has 0 saturated heterocycles. The van der Waals surface area contributed by atoms with Crippen molar-refractivity contribution in [3.63, 3.8) is 0 Å². The van der Waals surface area contributed by atoms with Crippen LogP contribution in [0.15, 0.2) is 0 Å². The van der Waals surface area contributed by atoms with Crippen LogP contribution in [0.2, 0.25) is 0 Å². The number of nitrogens with one attached hydrogen (secondary N) is 1. The first-order chi connectivity index (χ1) is 6.24. The fourth-order valence-electron chi connectivity index (χ4n) is 1.07. The molecule has 0 spiro atoms.